The van der Waals surface area contributed by atoms with Gasteiger partial charge in [0.2, 0.25) is 0 Å². The molecule has 0 aliphatic rings. The molecule has 3 rings (SSSR count). The van der Waals surface area contributed by atoms with Crippen molar-refractivity contribution in [1.82, 2.24) is 15.0 Å². The van der Waals surface area contributed by atoms with E-state index in [1.54, 1.807) is 30.5 Å². The van der Waals surface area contributed by atoms with E-state index in [0.29, 0.717) is 22.3 Å². The van der Waals surface area contributed by atoms with Crippen LogP contribution in [-0.4, -0.2) is 26.7 Å². The van der Waals surface area contributed by atoms with Gasteiger partial charge >= 0.3 is 6.61 Å². The lowest BCUT2D eigenvalue weighted by Gasteiger charge is -2.31. The van der Waals surface area contributed by atoms with Crippen molar-refractivity contribution < 1.29 is 18.6 Å². The van der Waals surface area contributed by atoms with Crippen molar-refractivity contribution in [1.29, 1.82) is 0 Å². The SMILES string of the molecule is CC(C)C(O)(c1ccncn1)c1ccc2cc(OC(F)F)ccc2n1. The van der Waals surface area contributed by atoms with E-state index in [9.17, 15) is 13.9 Å². The van der Waals surface area contributed by atoms with Crippen molar-refractivity contribution >= 4 is 10.9 Å². The summed E-state index contributed by atoms with van der Waals surface area (Å²) in [6, 6.07) is 9.51. The third-order valence-corrected chi connectivity index (χ3v) is 4.08. The van der Waals surface area contributed by atoms with E-state index in [1.807, 2.05) is 13.8 Å². The molecule has 0 spiro atoms. The molecule has 3 aromatic rings. The van der Waals surface area contributed by atoms with Gasteiger partial charge in [-0.05, 0) is 36.2 Å². The molecule has 25 heavy (non-hydrogen) atoms. The summed E-state index contributed by atoms with van der Waals surface area (Å²) < 4.78 is 29.1. The fraction of sp³-hybridized carbons (Fsp3) is 0.278. The predicted molar refractivity (Wildman–Crippen MR) is 88.2 cm³/mol. The van der Waals surface area contributed by atoms with Crippen LogP contribution >= 0.6 is 0 Å². The molecule has 0 radical (unpaired) electrons. The smallest absolute Gasteiger partial charge is 0.387 e. The number of alkyl halides is 2. The minimum absolute atomic E-state index is 0.0620. The summed E-state index contributed by atoms with van der Waals surface area (Å²) in [4.78, 5) is 12.6. The number of fused-ring (bicyclic) bond motifs is 1. The molecule has 1 atom stereocenters. The number of hydrogen-bond acceptors (Lipinski definition) is 5. The molecule has 5 nitrogen and oxygen atoms in total. The molecule has 2 aromatic heterocycles. The highest BCUT2D eigenvalue weighted by atomic mass is 19.3. The molecule has 0 aliphatic heterocycles. The van der Waals surface area contributed by atoms with Crippen LogP contribution < -0.4 is 4.74 Å². The standard InChI is InChI=1S/C18H17F2N3O2/c1-11(2)18(24,15-7-8-21-10-22-15)16-6-3-12-9-13(25-17(19)20)4-5-14(12)23-16/h3-11,17,24H,1-2H3. The fourth-order valence-corrected chi connectivity index (χ4v) is 2.73. The highest BCUT2D eigenvalue weighted by Crippen LogP contribution is 2.35. The quantitative estimate of drug-likeness (QED) is 0.766. The molecule has 130 valence electrons. The number of rotatable bonds is 5. The molecule has 0 saturated heterocycles. The van der Waals surface area contributed by atoms with Crippen molar-refractivity contribution in [2.75, 3.05) is 0 Å². The summed E-state index contributed by atoms with van der Waals surface area (Å²) >= 11 is 0. The molecular weight excluding hydrogens is 328 g/mol. The molecule has 1 unspecified atom stereocenters. The topological polar surface area (TPSA) is 68.1 Å². The molecule has 0 saturated carbocycles. The minimum atomic E-state index is -2.88. The fourth-order valence-electron chi connectivity index (χ4n) is 2.73. The number of halogens is 2. The summed E-state index contributed by atoms with van der Waals surface area (Å²) in [5.41, 5.74) is 0.0421. The van der Waals surface area contributed by atoms with Crippen LogP contribution in [0.15, 0.2) is 48.9 Å². The Balaban J connectivity index is 2.07. The van der Waals surface area contributed by atoms with Crippen molar-refractivity contribution in [2.24, 2.45) is 5.92 Å². The number of nitrogens with zero attached hydrogens (tertiary/aromatic N) is 3. The van der Waals surface area contributed by atoms with Crippen LogP contribution in [0, 0.1) is 5.92 Å². The van der Waals surface area contributed by atoms with Crippen molar-refractivity contribution in [2.45, 2.75) is 26.1 Å². The first-order valence-electron chi connectivity index (χ1n) is 7.76. The lowest BCUT2D eigenvalue weighted by molar-refractivity contribution is -0.0497. The Morgan fingerprint density at radius 3 is 2.52 bits per heavy atom. The molecule has 0 aliphatic carbocycles. The van der Waals surface area contributed by atoms with Gasteiger partial charge in [-0.2, -0.15) is 8.78 Å². The van der Waals surface area contributed by atoms with Crippen molar-refractivity contribution in [3.05, 3.63) is 60.3 Å². The number of hydrogen-bond donors (Lipinski definition) is 1. The van der Waals surface area contributed by atoms with Gasteiger partial charge in [0.15, 0.2) is 5.60 Å². The normalized spacial score (nSPS) is 14.0. The number of aromatic nitrogens is 3. The predicted octanol–water partition coefficient (Wildman–Crippen LogP) is 3.52. The average molecular weight is 345 g/mol. The van der Waals surface area contributed by atoms with Crippen LogP contribution in [0.4, 0.5) is 8.78 Å². The summed E-state index contributed by atoms with van der Waals surface area (Å²) in [5.74, 6) is -0.138. The third-order valence-electron chi connectivity index (χ3n) is 4.08. The largest absolute Gasteiger partial charge is 0.435 e. The van der Waals surface area contributed by atoms with E-state index in [0.717, 1.165) is 0 Å². The summed E-state index contributed by atoms with van der Waals surface area (Å²) in [7, 11) is 0. The number of ether oxygens (including phenoxy) is 1. The van der Waals surface area contributed by atoms with E-state index >= 15 is 0 Å². The third kappa shape index (κ3) is 3.28. The maximum atomic E-state index is 12.3. The average Bonchev–Trinajstić information content (AvgIpc) is 2.60. The summed E-state index contributed by atoms with van der Waals surface area (Å²) in [6.07, 6.45) is 2.93. The number of benzene rings is 1. The zero-order valence-corrected chi connectivity index (χ0v) is 13.7. The minimum Gasteiger partial charge on any atom is -0.435 e. The Morgan fingerprint density at radius 2 is 1.88 bits per heavy atom. The van der Waals surface area contributed by atoms with Gasteiger partial charge in [-0.15, -0.1) is 0 Å². The Kier molecular flexibility index (Phi) is 4.59. The molecule has 0 bridgehead atoms. The van der Waals surface area contributed by atoms with Crippen LogP contribution in [0.3, 0.4) is 0 Å². The zero-order chi connectivity index (χ0) is 18.0. The molecule has 1 N–H and O–H groups in total. The zero-order valence-electron chi connectivity index (χ0n) is 13.7. The second-order valence-corrected chi connectivity index (χ2v) is 5.95. The van der Waals surface area contributed by atoms with Gasteiger partial charge in [0, 0.05) is 11.6 Å². The Morgan fingerprint density at radius 1 is 1.08 bits per heavy atom. The highest BCUT2D eigenvalue weighted by Gasteiger charge is 2.38. The number of aliphatic hydroxyl groups is 1. The maximum absolute atomic E-state index is 12.3. The first kappa shape index (κ1) is 17.2. The molecule has 0 amide bonds. The van der Waals surface area contributed by atoms with Gasteiger partial charge < -0.3 is 9.84 Å². The molecule has 1 aromatic carbocycles. The first-order chi connectivity index (χ1) is 11.9. The van der Waals surface area contributed by atoms with Crippen LogP contribution in [0.25, 0.3) is 10.9 Å². The van der Waals surface area contributed by atoms with Gasteiger partial charge in [-0.25, -0.2) is 15.0 Å². The van der Waals surface area contributed by atoms with E-state index < -0.39 is 12.2 Å². The van der Waals surface area contributed by atoms with Gasteiger partial charge in [-0.1, -0.05) is 19.9 Å². The second-order valence-electron chi connectivity index (χ2n) is 5.95. The van der Waals surface area contributed by atoms with Crippen molar-refractivity contribution in [3.8, 4) is 5.75 Å². The van der Waals surface area contributed by atoms with E-state index in [2.05, 4.69) is 19.7 Å². The summed E-state index contributed by atoms with van der Waals surface area (Å²) in [5, 5.41) is 11.9. The molecule has 7 heteroatoms. The molecule has 0 fully saturated rings. The van der Waals surface area contributed by atoms with E-state index in [1.165, 1.54) is 18.5 Å². The molecular formula is C18H17F2N3O2. The van der Waals surface area contributed by atoms with Crippen LogP contribution in [0.2, 0.25) is 0 Å². The van der Waals surface area contributed by atoms with Crippen LogP contribution in [-0.2, 0) is 5.60 Å². The van der Waals surface area contributed by atoms with Gasteiger partial charge in [0.25, 0.3) is 0 Å². The van der Waals surface area contributed by atoms with Crippen molar-refractivity contribution in [3.63, 3.8) is 0 Å². The van der Waals surface area contributed by atoms with Crippen LogP contribution in [0.5, 0.6) is 5.75 Å². The number of pyridine rings is 1. The first-order valence-corrected chi connectivity index (χ1v) is 7.76. The van der Waals surface area contributed by atoms with Gasteiger partial charge in [0.1, 0.15) is 12.1 Å². The van der Waals surface area contributed by atoms with Crippen LogP contribution in [0.1, 0.15) is 25.2 Å². The van der Waals surface area contributed by atoms with E-state index in [-0.39, 0.29) is 11.7 Å². The second kappa shape index (κ2) is 6.68. The highest BCUT2D eigenvalue weighted by molar-refractivity contribution is 5.80. The lowest BCUT2D eigenvalue weighted by Crippen LogP contribution is -2.35. The molecule has 2 heterocycles. The van der Waals surface area contributed by atoms with E-state index in [4.69, 9.17) is 0 Å². The monoisotopic (exact) mass is 345 g/mol. The maximum Gasteiger partial charge on any atom is 0.387 e. The Labute approximate surface area is 143 Å². The lowest BCUT2D eigenvalue weighted by atomic mass is 9.83. The van der Waals surface area contributed by atoms with Gasteiger partial charge in [0.05, 0.1) is 16.9 Å². The Hall–Kier alpha value is -2.67. The summed E-state index contributed by atoms with van der Waals surface area (Å²) in [6.45, 7) is 0.856. The van der Waals surface area contributed by atoms with Gasteiger partial charge in [-0.3, -0.25) is 0 Å². The Bertz CT molecular complexity index is 875.